The van der Waals surface area contributed by atoms with Gasteiger partial charge in [-0.25, -0.2) is 0 Å². The van der Waals surface area contributed by atoms with Crippen molar-refractivity contribution in [1.82, 2.24) is 9.62 Å². The normalized spacial score (nSPS) is 13.3. The zero-order chi connectivity index (χ0) is 26.2. The Bertz CT molecular complexity index is 1230. The summed E-state index contributed by atoms with van der Waals surface area (Å²) in [6.07, 6.45) is 6.39. The second-order valence-corrected chi connectivity index (χ2v) is 11.1. The summed E-state index contributed by atoms with van der Waals surface area (Å²) in [6, 6.07) is 15.6. The molecule has 1 N–H and O–H groups in total. The zero-order valence-electron chi connectivity index (χ0n) is 22.4. The predicted octanol–water partition coefficient (Wildman–Crippen LogP) is 7.76. The molecule has 0 fully saturated rings. The minimum atomic E-state index is -0.327. The highest BCUT2D eigenvalue weighted by Crippen LogP contribution is 2.36. The number of nitriles is 1. The van der Waals surface area contributed by atoms with E-state index in [0.29, 0.717) is 11.8 Å². The van der Waals surface area contributed by atoms with Crippen molar-refractivity contribution < 1.29 is 0 Å². The molecular formula is C32H37N3S. The Balaban J connectivity index is 1.83. The number of hydrogen-bond donors (Lipinski definition) is 1. The topological polar surface area (TPSA) is 39.1 Å². The fraction of sp³-hybridized carbons (Fsp3) is 0.344. The summed E-state index contributed by atoms with van der Waals surface area (Å²) in [4.78, 5) is 3.33. The van der Waals surface area contributed by atoms with Gasteiger partial charge in [-0.15, -0.1) is 0 Å². The molecule has 0 heterocycles. The summed E-state index contributed by atoms with van der Waals surface area (Å²) in [5, 5.41) is 10.0. The molecule has 3 rings (SSSR count). The van der Waals surface area contributed by atoms with E-state index in [4.69, 9.17) is 0 Å². The van der Waals surface area contributed by atoms with E-state index in [0.717, 1.165) is 34.7 Å². The fourth-order valence-corrected chi connectivity index (χ4v) is 5.04. The van der Waals surface area contributed by atoms with Crippen LogP contribution in [0.15, 0.2) is 88.8 Å². The second kappa shape index (κ2) is 12.7. The van der Waals surface area contributed by atoms with E-state index in [1.165, 1.54) is 22.3 Å². The van der Waals surface area contributed by atoms with Crippen molar-refractivity contribution >= 4 is 11.9 Å². The highest BCUT2D eigenvalue weighted by atomic mass is 32.2. The van der Waals surface area contributed by atoms with Crippen molar-refractivity contribution in [3.05, 3.63) is 112 Å². The number of hydrogen-bond acceptors (Lipinski definition) is 4. The van der Waals surface area contributed by atoms with Gasteiger partial charge in [-0.1, -0.05) is 70.0 Å². The SMILES string of the molecule is C=C(Cc1c(C(C)C)cc(C(C#N)C2=CC=C=C=C2)cc1C(C)C)NSc1ccc(CN(C)C)cc1. The van der Waals surface area contributed by atoms with Crippen molar-refractivity contribution in [3.63, 3.8) is 0 Å². The summed E-state index contributed by atoms with van der Waals surface area (Å²) in [5.74, 6) is 0.335. The average Bonchev–Trinajstić information content (AvgIpc) is 2.84. The van der Waals surface area contributed by atoms with E-state index >= 15 is 0 Å². The quantitative estimate of drug-likeness (QED) is 0.255. The van der Waals surface area contributed by atoms with Crippen LogP contribution in [-0.4, -0.2) is 19.0 Å². The highest BCUT2D eigenvalue weighted by molar-refractivity contribution is 7.97. The molecule has 0 bridgehead atoms. The van der Waals surface area contributed by atoms with Gasteiger partial charge in [-0.05, 0) is 102 Å². The van der Waals surface area contributed by atoms with Crippen LogP contribution in [0.4, 0.5) is 0 Å². The Morgan fingerprint density at radius 2 is 1.69 bits per heavy atom. The third-order valence-electron chi connectivity index (χ3n) is 6.19. The lowest BCUT2D eigenvalue weighted by molar-refractivity contribution is 0.402. The van der Waals surface area contributed by atoms with E-state index in [1.807, 2.05) is 18.2 Å². The Labute approximate surface area is 221 Å². The monoisotopic (exact) mass is 495 g/mol. The number of nitrogens with zero attached hydrogens (tertiary/aromatic N) is 2. The molecule has 1 aliphatic rings. The number of allylic oxidation sites excluding steroid dienone is 5. The predicted molar refractivity (Wildman–Crippen MR) is 153 cm³/mol. The molecule has 1 atom stereocenters. The average molecular weight is 496 g/mol. The minimum absolute atomic E-state index is 0.327. The van der Waals surface area contributed by atoms with Gasteiger partial charge in [0.15, 0.2) is 0 Å². The van der Waals surface area contributed by atoms with E-state index in [1.54, 1.807) is 11.9 Å². The summed E-state index contributed by atoms with van der Waals surface area (Å²) in [7, 11) is 4.16. The number of nitrogens with one attached hydrogen (secondary N) is 1. The molecule has 36 heavy (non-hydrogen) atoms. The molecule has 0 radical (unpaired) electrons. The summed E-state index contributed by atoms with van der Waals surface area (Å²) in [5.41, 5.74) is 14.1. The maximum atomic E-state index is 10.0. The number of rotatable bonds is 11. The van der Waals surface area contributed by atoms with Crippen LogP contribution in [0.3, 0.4) is 0 Å². The standard InChI is InChI=1S/C32H37N3S/c1-22(2)29-18-27(32(20-33)26-11-9-8-10-12-26)19-30(23(3)4)31(29)17-24(5)34-36-28-15-13-25(14-16-28)21-35(6)7/h9,11-16,18-19,22-23,32,34H,5,17,21H2,1-4,6-7H3. The zero-order valence-corrected chi connectivity index (χ0v) is 23.2. The third-order valence-corrected chi connectivity index (χ3v) is 7.09. The molecule has 186 valence electrons. The van der Waals surface area contributed by atoms with Gasteiger partial charge in [-0.3, -0.25) is 0 Å². The third kappa shape index (κ3) is 7.17. The molecule has 0 saturated carbocycles. The molecule has 0 saturated heterocycles. The summed E-state index contributed by atoms with van der Waals surface area (Å²) in [6.45, 7) is 14.2. The van der Waals surface area contributed by atoms with E-state index in [2.05, 4.69) is 112 Å². The van der Waals surface area contributed by atoms with Gasteiger partial charge in [0.2, 0.25) is 0 Å². The molecule has 1 unspecified atom stereocenters. The minimum Gasteiger partial charge on any atom is -0.330 e. The summed E-state index contributed by atoms with van der Waals surface area (Å²) < 4.78 is 3.47. The van der Waals surface area contributed by atoms with E-state index in [-0.39, 0.29) is 5.92 Å². The smallest absolute Gasteiger partial charge is 0.0969 e. The van der Waals surface area contributed by atoms with Gasteiger partial charge in [0.05, 0.1) is 12.0 Å². The summed E-state index contributed by atoms with van der Waals surface area (Å²) >= 11 is 1.60. The second-order valence-electron chi connectivity index (χ2n) is 10.2. The lowest BCUT2D eigenvalue weighted by atomic mass is 9.81. The largest absolute Gasteiger partial charge is 0.330 e. The van der Waals surface area contributed by atoms with Gasteiger partial charge >= 0.3 is 0 Å². The van der Waals surface area contributed by atoms with E-state index in [9.17, 15) is 5.26 Å². The first-order valence-corrected chi connectivity index (χ1v) is 13.3. The maximum absolute atomic E-state index is 10.0. The van der Waals surface area contributed by atoms with Crippen LogP contribution in [0.1, 0.15) is 73.3 Å². The van der Waals surface area contributed by atoms with Gasteiger partial charge < -0.3 is 9.62 Å². The van der Waals surface area contributed by atoms with Gasteiger partial charge in [-0.2, -0.15) is 5.26 Å². The highest BCUT2D eigenvalue weighted by Gasteiger charge is 2.22. The molecule has 0 aliphatic heterocycles. The molecule has 1 aliphatic carbocycles. The first-order chi connectivity index (χ1) is 17.2. The molecule has 0 aromatic heterocycles. The van der Waals surface area contributed by atoms with Gasteiger partial charge in [0.25, 0.3) is 0 Å². The van der Waals surface area contributed by atoms with E-state index < -0.39 is 0 Å². The Hall–Kier alpha value is -3.18. The first-order valence-electron chi connectivity index (χ1n) is 12.5. The van der Waals surface area contributed by atoms with Crippen LogP contribution in [0.2, 0.25) is 0 Å². The molecule has 3 nitrogen and oxygen atoms in total. The molecule has 2 aromatic carbocycles. The number of benzene rings is 2. The van der Waals surface area contributed by atoms with Crippen LogP contribution in [0.25, 0.3) is 0 Å². The maximum Gasteiger partial charge on any atom is 0.0969 e. The lowest BCUT2D eigenvalue weighted by Gasteiger charge is -2.24. The van der Waals surface area contributed by atoms with Crippen molar-refractivity contribution in [2.75, 3.05) is 14.1 Å². The lowest BCUT2D eigenvalue weighted by Crippen LogP contribution is -2.12. The van der Waals surface area contributed by atoms with Crippen LogP contribution in [0.5, 0.6) is 0 Å². The fourth-order valence-electron chi connectivity index (χ4n) is 4.43. The Morgan fingerprint density at radius 3 is 2.19 bits per heavy atom. The molecule has 0 spiro atoms. The van der Waals surface area contributed by atoms with Crippen molar-refractivity contribution in [3.8, 4) is 6.07 Å². The van der Waals surface area contributed by atoms with Crippen LogP contribution in [-0.2, 0) is 13.0 Å². The van der Waals surface area contributed by atoms with Gasteiger partial charge in [0.1, 0.15) is 0 Å². The molecule has 0 amide bonds. The van der Waals surface area contributed by atoms with Crippen molar-refractivity contribution in [2.45, 2.75) is 63.3 Å². The Kier molecular flexibility index (Phi) is 9.65. The van der Waals surface area contributed by atoms with Crippen molar-refractivity contribution in [1.29, 1.82) is 5.26 Å². The van der Waals surface area contributed by atoms with Crippen LogP contribution >= 0.6 is 11.9 Å². The van der Waals surface area contributed by atoms with Crippen LogP contribution < -0.4 is 4.72 Å². The van der Waals surface area contributed by atoms with Crippen LogP contribution in [0, 0.1) is 11.3 Å². The molecule has 4 heteroatoms. The van der Waals surface area contributed by atoms with Crippen molar-refractivity contribution in [2.24, 2.45) is 0 Å². The van der Waals surface area contributed by atoms with Gasteiger partial charge in [0, 0.05) is 23.6 Å². The Morgan fingerprint density at radius 1 is 1.06 bits per heavy atom. The molecule has 2 aromatic rings. The molecular weight excluding hydrogens is 458 g/mol. The first kappa shape index (κ1) is 27.4.